The molecule has 150 valence electrons. The summed E-state index contributed by atoms with van der Waals surface area (Å²) in [7, 11) is -3.84. The van der Waals surface area contributed by atoms with Crippen molar-refractivity contribution in [2.24, 2.45) is 0 Å². The Labute approximate surface area is 180 Å². The molecule has 1 aliphatic rings. The quantitative estimate of drug-likeness (QED) is 0.445. The molecule has 1 N–H and O–H groups in total. The summed E-state index contributed by atoms with van der Waals surface area (Å²) in [6, 6.07) is 8.76. The van der Waals surface area contributed by atoms with Crippen LogP contribution in [0.4, 0.5) is 5.82 Å². The summed E-state index contributed by atoms with van der Waals surface area (Å²) in [4.78, 5) is 4.85. The van der Waals surface area contributed by atoms with E-state index in [0.717, 1.165) is 27.5 Å². The summed E-state index contributed by atoms with van der Waals surface area (Å²) in [5, 5.41) is 13.5. The molecule has 0 aliphatic heterocycles. The predicted octanol–water partition coefficient (Wildman–Crippen LogP) is 4.68. The molecule has 3 aromatic heterocycles. The highest BCUT2D eigenvalue weighted by atomic mass is 79.9. The van der Waals surface area contributed by atoms with Gasteiger partial charge in [-0.3, -0.25) is 0 Å². The predicted molar refractivity (Wildman–Crippen MR) is 116 cm³/mol. The van der Waals surface area contributed by atoms with Crippen LogP contribution < -0.4 is 5.32 Å². The molecule has 3 heterocycles. The van der Waals surface area contributed by atoms with Gasteiger partial charge < -0.3 is 5.32 Å². The molecule has 0 atom stereocenters. The van der Waals surface area contributed by atoms with E-state index in [1.165, 1.54) is 23.8 Å². The van der Waals surface area contributed by atoms with E-state index in [0.29, 0.717) is 11.9 Å². The number of hydrogen-bond acceptors (Lipinski definition) is 7. The van der Waals surface area contributed by atoms with Crippen molar-refractivity contribution < 1.29 is 8.42 Å². The van der Waals surface area contributed by atoms with E-state index in [1.54, 1.807) is 35.6 Å². The van der Waals surface area contributed by atoms with Gasteiger partial charge in [-0.2, -0.15) is 4.52 Å². The number of benzene rings is 1. The van der Waals surface area contributed by atoms with Crippen LogP contribution in [0.3, 0.4) is 0 Å². The third-order valence-corrected chi connectivity index (χ3v) is 8.35. The molecule has 5 rings (SSSR count). The Hall–Kier alpha value is -2.04. The zero-order valence-corrected chi connectivity index (χ0v) is 18.6. The average Bonchev–Trinajstić information content (AvgIpc) is 3.36. The number of nitrogens with zero attached hydrogens (tertiary/aromatic N) is 4. The SMILES string of the molecule is O=S(=O)(c1ccc(Br)cc1)c1nnn2c1nc(NC1CCCCC1)c1sccc12. The Kier molecular flexibility index (Phi) is 4.79. The second-order valence-corrected chi connectivity index (χ2v) is 10.9. The first kappa shape index (κ1) is 19.0. The lowest BCUT2D eigenvalue weighted by Crippen LogP contribution is -2.23. The summed E-state index contributed by atoms with van der Waals surface area (Å²) in [6.45, 7) is 0. The second kappa shape index (κ2) is 7.33. The normalized spacial score (nSPS) is 15.9. The lowest BCUT2D eigenvalue weighted by Gasteiger charge is -2.23. The zero-order valence-electron chi connectivity index (χ0n) is 15.4. The Morgan fingerprint density at radius 2 is 1.86 bits per heavy atom. The summed E-state index contributed by atoms with van der Waals surface area (Å²) in [5.74, 6) is 0.712. The van der Waals surface area contributed by atoms with Gasteiger partial charge in [0.2, 0.25) is 14.9 Å². The number of anilines is 1. The number of nitrogens with one attached hydrogen (secondary N) is 1. The van der Waals surface area contributed by atoms with Gasteiger partial charge in [0.1, 0.15) is 5.82 Å². The van der Waals surface area contributed by atoms with Crippen LogP contribution in [0.5, 0.6) is 0 Å². The molecule has 0 bridgehead atoms. The molecule has 4 aromatic rings. The molecule has 1 aliphatic carbocycles. The van der Waals surface area contributed by atoms with Crippen molar-refractivity contribution >= 4 is 58.8 Å². The molecule has 0 unspecified atom stereocenters. The van der Waals surface area contributed by atoms with Crippen molar-refractivity contribution in [3.8, 4) is 0 Å². The third-order valence-electron chi connectivity index (χ3n) is 5.25. The van der Waals surface area contributed by atoms with E-state index in [-0.39, 0.29) is 15.6 Å². The Bertz CT molecular complexity index is 1290. The van der Waals surface area contributed by atoms with E-state index in [1.807, 2.05) is 11.4 Å². The molecule has 1 fully saturated rings. The second-order valence-electron chi connectivity index (χ2n) is 7.16. The summed E-state index contributed by atoms with van der Waals surface area (Å²) in [5.41, 5.74) is 1.06. The first-order chi connectivity index (χ1) is 14.0. The number of hydrogen-bond donors (Lipinski definition) is 1. The number of halogens is 1. The highest BCUT2D eigenvalue weighted by Crippen LogP contribution is 2.33. The molecule has 0 saturated heterocycles. The highest BCUT2D eigenvalue weighted by Gasteiger charge is 2.28. The minimum atomic E-state index is -3.84. The van der Waals surface area contributed by atoms with Crippen LogP contribution in [0.1, 0.15) is 32.1 Å². The van der Waals surface area contributed by atoms with Gasteiger partial charge in [0.25, 0.3) is 0 Å². The summed E-state index contributed by atoms with van der Waals surface area (Å²) >= 11 is 4.90. The van der Waals surface area contributed by atoms with Crippen molar-refractivity contribution in [3.63, 3.8) is 0 Å². The first-order valence-electron chi connectivity index (χ1n) is 9.44. The van der Waals surface area contributed by atoms with Crippen LogP contribution in [-0.4, -0.2) is 34.3 Å². The lowest BCUT2D eigenvalue weighted by atomic mass is 9.95. The van der Waals surface area contributed by atoms with Crippen LogP contribution in [-0.2, 0) is 9.84 Å². The maximum absolute atomic E-state index is 13.2. The van der Waals surface area contributed by atoms with E-state index in [2.05, 4.69) is 36.5 Å². The monoisotopic (exact) mass is 491 g/mol. The van der Waals surface area contributed by atoms with Gasteiger partial charge in [-0.1, -0.05) is 40.4 Å². The highest BCUT2D eigenvalue weighted by molar-refractivity contribution is 9.10. The maximum Gasteiger partial charge on any atom is 0.229 e. The minimum absolute atomic E-state index is 0.125. The van der Waals surface area contributed by atoms with Crippen molar-refractivity contribution in [2.75, 3.05) is 5.32 Å². The van der Waals surface area contributed by atoms with Crippen LogP contribution >= 0.6 is 27.3 Å². The fraction of sp³-hybridized carbons (Fsp3) is 0.316. The fourth-order valence-electron chi connectivity index (χ4n) is 3.76. The average molecular weight is 492 g/mol. The van der Waals surface area contributed by atoms with Gasteiger partial charge >= 0.3 is 0 Å². The maximum atomic E-state index is 13.2. The molecule has 0 radical (unpaired) electrons. The minimum Gasteiger partial charge on any atom is -0.366 e. The molecule has 29 heavy (non-hydrogen) atoms. The van der Waals surface area contributed by atoms with Gasteiger partial charge in [-0.15, -0.1) is 16.4 Å². The lowest BCUT2D eigenvalue weighted by molar-refractivity contribution is 0.462. The molecule has 10 heteroatoms. The molecule has 1 saturated carbocycles. The summed E-state index contributed by atoms with van der Waals surface area (Å²) < 4.78 is 29.7. The summed E-state index contributed by atoms with van der Waals surface area (Å²) in [6.07, 6.45) is 5.86. The first-order valence-corrected chi connectivity index (χ1v) is 12.6. The molecule has 1 aromatic carbocycles. The standard InChI is InChI=1S/C19H18BrN5O2S2/c20-12-6-8-14(9-7-12)29(26,27)19-18-22-17(21-13-4-2-1-3-5-13)16-15(10-11-28-16)25(18)24-23-19/h6-11,13H,1-5H2,(H,21,22). The number of thiophene rings is 1. The molecular weight excluding hydrogens is 474 g/mol. The van der Waals surface area contributed by atoms with Gasteiger partial charge in [0.05, 0.1) is 15.1 Å². The number of rotatable bonds is 4. The van der Waals surface area contributed by atoms with Crippen LogP contribution in [0.15, 0.2) is 50.1 Å². The van der Waals surface area contributed by atoms with E-state index in [4.69, 9.17) is 0 Å². The largest absolute Gasteiger partial charge is 0.366 e. The molecular formula is C19H18BrN5O2S2. The van der Waals surface area contributed by atoms with Gasteiger partial charge in [0, 0.05) is 10.5 Å². The number of fused-ring (bicyclic) bond motifs is 3. The third kappa shape index (κ3) is 3.32. The van der Waals surface area contributed by atoms with Crippen LogP contribution in [0, 0.1) is 0 Å². The van der Waals surface area contributed by atoms with Crippen LogP contribution in [0.2, 0.25) is 0 Å². The van der Waals surface area contributed by atoms with Gasteiger partial charge in [-0.05, 0) is 48.6 Å². The number of aromatic nitrogens is 4. The van der Waals surface area contributed by atoms with Gasteiger partial charge in [0.15, 0.2) is 5.65 Å². The van der Waals surface area contributed by atoms with E-state index in [9.17, 15) is 8.42 Å². The topological polar surface area (TPSA) is 89.2 Å². The fourth-order valence-corrected chi connectivity index (χ4v) is 6.08. The van der Waals surface area contributed by atoms with Crippen molar-refractivity contribution in [2.45, 2.75) is 48.1 Å². The Balaban J connectivity index is 1.66. The Morgan fingerprint density at radius 3 is 2.62 bits per heavy atom. The number of sulfone groups is 1. The molecule has 0 spiro atoms. The van der Waals surface area contributed by atoms with E-state index >= 15 is 0 Å². The zero-order chi connectivity index (χ0) is 20.0. The van der Waals surface area contributed by atoms with Crippen molar-refractivity contribution in [1.82, 2.24) is 19.8 Å². The smallest absolute Gasteiger partial charge is 0.229 e. The van der Waals surface area contributed by atoms with Crippen LogP contribution in [0.25, 0.3) is 15.9 Å². The Morgan fingerprint density at radius 1 is 1.10 bits per heavy atom. The van der Waals surface area contributed by atoms with E-state index < -0.39 is 9.84 Å². The van der Waals surface area contributed by atoms with Crippen molar-refractivity contribution in [3.05, 3.63) is 40.2 Å². The molecule has 7 nitrogen and oxygen atoms in total. The molecule has 0 amide bonds. The van der Waals surface area contributed by atoms with Gasteiger partial charge in [-0.25, -0.2) is 13.4 Å². The van der Waals surface area contributed by atoms with Crippen molar-refractivity contribution in [1.29, 1.82) is 0 Å².